The molecule has 1 aliphatic carbocycles. The van der Waals surface area contributed by atoms with Crippen molar-refractivity contribution in [3.05, 3.63) is 29.8 Å². The molecule has 4 atom stereocenters. The summed E-state index contributed by atoms with van der Waals surface area (Å²) in [6, 6.07) is 8.25. The molecular formula is C17H26O2. The Morgan fingerprint density at radius 1 is 1.32 bits per heavy atom. The molecule has 0 amide bonds. The first kappa shape index (κ1) is 14.4. The summed E-state index contributed by atoms with van der Waals surface area (Å²) in [5.74, 6) is 2.09. The molecule has 0 bridgehead atoms. The van der Waals surface area contributed by atoms with Crippen LogP contribution in [0.25, 0.3) is 0 Å². The number of hydrogen-bond acceptors (Lipinski definition) is 2. The van der Waals surface area contributed by atoms with Crippen LogP contribution in [0, 0.1) is 5.92 Å². The molecule has 1 aromatic carbocycles. The molecule has 2 nitrogen and oxygen atoms in total. The normalized spacial score (nSPS) is 28.9. The predicted octanol–water partition coefficient (Wildman–Crippen LogP) is 4.13. The van der Waals surface area contributed by atoms with E-state index >= 15 is 0 Å². The lowest BCUT2D eigenvalue weighted by molar-refractivity contribution is -0.00815. The van der Waals surface area contributed by atoms with Gasteiger partial charge >= 0.3 is 0 Å². The van der Waals surface area contributed by atoms with Gasteiger partial charge in [0.15, 0.2) is 0 Å². The molecule has 0 spiro atoms. The summed E-state index contributed by atoms with van der Waals surface area (Å²) in [5.41, 5.74) is 1.26. The largest absolute Gasteiger partial charge is 0.487 e. The van der Waals surface area contributed by atoms with Gasteiger partial charge in [0, 0.05) is 0 Å². The van der Waals surface area contributed by atoms with E-state index in [-0.39, 0.29) is 12.2 Å². The number of benzene rings is 1. The van der Waals surface area contributed by atoms with Crippen molar-refractivity contribution in [1.29, 1.82) is 0 Å². The van der Waals surface area contributed by atoms with Gasteiger partial charge in [-0.05, 0) is 49.1 Å². The maximum atomic E-state index is 10.1. The fourth-order valence-corrected chi connectivity index (χ4v) is 2.82. The molecule has 1 N–H and O–H groups in total. The van der Waals surface area contributed by atoms with Gasteiger partial charge in [0.05, 0.1) is 6.10 Å². The predicted molar refractivity (Wildman–Crippen MR) is 78.6 cm³/mol. The summed E-state index contributed by atoms with van der Waals surface area (Å²) in [5, 5.41) is 10.1. The van der Waals surface area contributed by atoms with Gasteiger partial charge in [0.2, 0.25) is 0 Å². The second kappa shape index (κ2) is 6.42. The van der Waals surface area contributed by atoms with Crippen molar-refractivity contribution in [3.8, 4) is 5.75 Å². The third-order valence-electron chi connectivity index (χ3n) is 4.36. The summed E-state index contributed by atoms with van der Waals surface area (Å²) in [4.78, 5) is 0. The van der Waals surface area contributed by atoms with Crippen molar-refractivity contribution >= 4 is 0 Å². The van der Waals surface area contributed by atoms with E-state index in [0.717, 1.165) is 31.4 Å². The minimum Gasteiger partial charge on any atom is -0.487 e. The first-order chi connectivity index (χ1) is 9.11. The van der Waals surface area contributed by atoms with Crippen LogP contribution in [0.3, 0.4) is 0 Å². The number of ether oxygens (including phenoxy) is 1. The molecule has 2 rings (SSSR count). The maximum absolute atomic E-state index is 10.1. The van der Waals surface area contributed by atoms with Crippen LogP contribution in [0.5, 0.6) is 5.75 Å². The van der Waals surface area contributed by atoms with Gasteiger partial charge < -0.3 is 9.84 Å². The van der Waals surface area contributed by atoms with Crippen LogP contribution in [0.4, 0.5) is 0 Å². The lowest BCUT2D eigenvalue weighted by Gasteiger charge is -2.32. The zero-order chi connectivity index (χ0) is 13.8. The lowest BCUT2D eigenvalue weighted by Crippen LogP contribution is -2.37. The van der Waals surface area contributed by atoms with Gasteiger partial charge in [0.1, 0.15) is 11.9 Å². The summed E-state index contributed by atoms with van der Waals surface area (Å²) in [6.07, 6.45) is 3.65. The Kier molecular flexibility index (Phi) is 4.87. The highest BCUT2D eigenvalue weighted by Crippen LogP contribution is 2.33. The highest BCUT2D eigenvalue weighted by Gasteiger charge is 2.29. The highest BCUT2D eigenvalue weighted by atomic mass is 16.5. The van der Waals surface area contributed by atoms with Crippen LogP contribution in [0.2, 0.25) is 0 Å². The van der Waals surface area contributed by atoms with E-state index in [1.165, 1.54) is 5.56 Å². The van der Waals surface area contributed by atoms with Crippen LogP contribution in [-0.4, -0.2) is 17.3 Å². The van der Waals surface area contributed by atoms with E-state index in [9.17, 15) is 5.11 Å². The second-order valence-corrected chi connectivity index (χ2v) is 5.99. The van der Waals surface area contributed by atoms with Crippen molar-refractivity contribution in [2.75, 3.05) is 0 Å². The van der Waals surface area contributed by atoms with Crippen LogP contribution >= 0.6 is 0 Å². The number of hydrogen-bond donors (Lipinski definition) is 1. The van der Waals surface area contributed by atoms with Gasteiger partial charge in [-0.2, -0.15) is 0 Å². The number of aliphatic hydroxyl groups excluding tert-OH is 1. The van der Waals surface area contributed by atoms with Crippen molar-refractivity contribution in [3.63, 3.8) is 0 Å². The third-order valence-corrected chi connectivity index (χ3v) is 4.36. The van der Waals surface area contributed by atoms with Gasteiger partial charge in [-0.3, -0.25) is 0 Å². The van der Waals surface area contributed by atoms with E-state index in [2.05, 4.69) is 32.9 Å². The molecular weight excluding hydrogens is 236 g/mol. The van der Waals surface area contributed by atoms with E-state index in [1.807, 2.05) is 12.1 Å². The molecule has 19 heavy (non-hydrogen) atoms. The molecule has 1 saturated carbocycles. The van der Waals surface area contributed by atoms with Gasteiger partial charge in [0.25, 0.3) is 0 Å². The SMILES string of the molecule is CCC(C)c1ccccc1OC1CC(C)CCC1O. The zero-order valence-electron chi connectivity index (χ0n) is 12.3. The van der Waals surface area contributed by atoms with E-state index in [1.54, 1.807) is 0 Å². The molecule has 0 radical (unpaired) electrons. The van der Waals surface area contributed by atoms with E-state index < -0.39 is 0 Å². The summed E-state index contributed by atoms with van der Waals surface area (Å²) < 4.78 is 6.14. The summed E-state index contributed by atoms with van der Waals surface area (Å²) >= 11 is 0. The van der Waals surface area contributed by atoms with Crippen molar-refractivity contribution in [1.82, 2.24) is 0 Å². The number of aliphatic hydroxyl groups is 1. The van der Waals surface area contributed by atoms with Crippen LogP contribution in [0.15, 0.2) is 24.3 Å². The van der Waals surface area contributed by atoms with E-state index in [4.69, 9.17) is 4.74 Å². The third kappa shape index (κ3) is 3.50. The average Bonchev–Trinajstić information content (AvgIpc) is 2.42. The average molecular weight is 262 g/mol. The first-order valence-electron chi connectivity index (χ1n) is 7.55. The Bertz CT molecular complexity index is 402. The Balaban J connectivity index is 2.13. The first-order valence-corrected chi connectivity index (χ1v) is 7.55. The van der Waals surface area contributed by atoms with Crippen molar-refractivity contribution in [2.24, 2.45) is 5.92 Å². The molecule has 0 aromatic heterocycles. The zero-order valence-corrected chi connectivity index (χ0v) is 12.3. The Morgan fingerprint density at radius 2 is 2.05 bits per heavy atom. The molecule has 1 fully saturated rings. The fraction of sp³-hybridized carbons (Fsp3) is 0.647. The molecule has 0 heterocycles. The van der Waals surface area contributed by atoms with E-state index in [0.29, 0.717) is 11.8 Å². The van der Waals surface area contributed by atoms with Gasteiger partial charge in [-0.15, -0.1) is 0 Å². The van der Waals surface area contributed by atoms with Gasteiger partial charge in [-0.25, -0.2) is 0 Å². The van der Waals surface area contributed by atoms with Crippen LogP contribution < -0.4 is 4.74 Å². The molecule has 0 aliphatic heterocycles. The number of para-hydroxylation sites is 1. The van der Waals surface area contributed by atoms with Crippen molar-refractivity contribution < 1.29 is 9.84 Å². The second-order valence-electron chi connectivity index (χ2n) is 5.99. The fourth-order valence-electron chi connectivity index (χ4n) is 2.82. The quantitative estimate of drug-likeness (QED) is 0.884. The highest BCUT2D eigenvalue weighted by molar-refractivity contribution is 5.36. The summed E-state index contributed by atoms with van der Waals surface area (Å²) in [7, 11) is 0. The Labute approximate surface area is 116 Å². The monoisotopic (exact) mass is 262 g/mol. The maximum Gasteiger partial charge on any atom is 0.125 e. The smallest absolute Gasteiger partial charge is 0.125 e. The Morgan fingerprint density at radius 3 is 2.79 bits per heavy atom. The molecule has 0 saturated heterocycles. The Hall–Kier alpha value is -1.02. The molecule has 1 aliphatic rings. The summed E-state index contributed by atoms with van der Waals surface area (Å²) in [6.45, 7) is 6.66. The minimum atomic E-state index is -0.318. The van der Waals surface area contributed by atoms with Crippen LogP contribution in [0.1, 0.15) is 57.9 Å². The molecule has 106 valence electrons. The van der Waals surface area contributed by atoms with Crippen molar-refractivity contribution in [2.45, 2.75) is 64.6 Å². The molecule has 4 unspecified atom stereocenters. The topological polar surface area (TPSA) is 29.5 Å². The van der Waals surface area contributed by atoms with Crippen LogP contribution in [-0.2, 0) is 0 Å². The molecule has 1 aromatic rings. The standard InChI is InChI=1S/C17H26O2/c1-4-13(3)14-7-5-6-8-16(14)19-17-11-12(2)9-10-15(17)18/h5-8,12-13,15,17-18H,4,9-11H2,1-3H3. The molecule has 2 heteroatoms. The number of rotatable bonds is 4. The van der Waals surface area contributed by atoms with Gasteiger partial charge in [-0.1, -0.05) is 39.0 Å². The lowest BCUT2D eigenvalue weighted by atomic mass is 9.86. The minimum absolute atomic E-state index is 0.0473.